The minimum Gasteiger partial charge on any atom is -0.381 e. The van der Waals surface area contributed by atoms with Crippen molar-refractivity contribution in [1.82, 2.24) is 20.4 Å². The lowest BCUT2D eigenvalue weighted by molar-refractivity contribution is -0.127. The molecule has 1 N–H and O–H groups in total. The monoisotopic (exact) mass is 338 g/mol. The third-order valence-electron chi connectivity index (χ3n) is 4.80. The van der Waals surface area contributed by atoms with E-state index < -0.39 is 0 Å². The number of nitrogens with one attached hydrogen (secondary N) is 1. The van der Waals surface area contributed by atoms with Crippen LogP contribution in [0.2, 0.25) is 0 Å². The first-order valence-electron chi connectivity index (χ1n) is 8.66. The number of aromatic nitrogens is 2. The zero-order valence-electron chi connectivity index (χ0n) is 14.2. The van der Waals surface area contributed by atoms with E-state index >= 15 is 0 Å². The zero-order chi connectivity index (χ0) is 16.8. The Balaban J connectivity index is 1.39. The highest BCUT2D eigenvalue weighted by Gasteiger charge is 2.29. The zero-order valence-corrected chi connectivity index (χ0v) is 14.2. The van der Waals surface area contributed by atoms with Crippen molar-refractivity contribution < 1.29 is 18.8 Å². The van der Waals surface area contributed by atoms with Gasteiger partial charge in [0.25, 0.3) is 0 Å². The molecule has 2 aliphatic heterocycles. The van der Waals surface area contributed by atoms with Gasteiger partial charge in [0.2, 0.25) is 11.8 Å². The number of amides is 1. The lowest BCUT2D eigenvalue weighted by atomic mass is 9.93. The number of methoxy groups -OCH3 is 1. The van der Waals surface area contributed by atoms with Gasteiger partial charge in [-0.1, -0.05) is 5.16 Å². The van der Waals surface area contributed by atoms with Gasteiger partial charge in [0.15, 0.2) is 5.82 Å². The molecule has 0 radical (unpaired) electrons. The molecular formula is C16H26N4O4. The number of carbonyl (C=O) groups is 1. The van der Waals surface area contributed by atoms with E-state index in [0.29, 0.717) is 24.4 Å². The Morgan fingerprint density at radius 1 is 1.29 bits per heavy atom. The molecule has 8 nitrogen and oxygen atoms in total. The van der Waals surface area contributed by atoms with Crippen molar-refractivity contribution in [1.29, 1.82) is 0 Å². The van der Waals surface area contributed by atoms with Crippen LogP contribution in [0.15, 0.2) is 4.52 Å². The van der Waals surface area contributed by atoms with E-state index in [1.807, 2.05) is 0 Å². The molecule has 3 heterocycles. The second-order valence-electron chi connectivity index (χ2n) is 6.41. The molecule has 0 spiro atoms. The van der Waals surface area contributed by atoms with Crippen LogP contribution in [-0.2, 0) is 27.4 Å². The Hall–Kier alpha value is -1.51. The molecule has 0 saturated carbocycles. The Morgan fingerprint density at radius 2 is 2.04 bits per heavy atom. The molecule has 0 bridgehead atoms. The third kappa shape index (κ3) is 4.52. The van der Waals surface area contributed by atoms with E-state index in [1.54, 1.807) is 7.11 Å². The van der Waals surface area contributed by atoms with Crippen molar-refractivity contribution in [3.05, 3.63) is 11.7 Å². The van der Waals surface area contributed by atoms with Gasteiger partial charge in [-0.25, -0.2) is 0 Å². The molecule has 0 atom stereocenters. The number of ether oxygens (including phenoxy) is 2. The fourth-order valence-corrected chi connectivity index (χ4v) is 3.43. The minimum absolute atomic E-state index is 0.0717. The molecule has 134 valence electrons. The van der Waals surface area contributed by atoms with Crippen LogP contribution in [0.25, 0.3) is 0 Å². The fraction of sp³-hybridized carbons (Fsp3) is 0.812. The van der Waals surface area contributed by atoms with Crippen molar-refractivity contribution in [2.75, 3.05) is 33.4 Å². The molecule has 1 amide bonds. The molecule has 24 heavy (non-hydrogen) atoms. The van der Waals surface area contributed by atoms with Crippen LogP contribution in [0.3, 0.4) is 0 Å². The average Bonchev–Trinajstić information content (AvgIpc) is 3.08. The third-order valence-corrected chi connectivity index (χ3v) is 4.80. The van der Waals surface area contributed by atoms with E-state index in [9.17, 15) is 4.79 Å². The molecule has 0 unspecified atom stereocenters. The second-order valence-corrected chi connectivity index (χ2v) is 6.41. The molecule has 0 aliphatic carbocycles. The predicted octanol–water partition coefficient (Wildman–Crippen LogP) is 0.723. The Bertz CT molecular complexity index is 522. The quantitative estimate of drug-likeness (QED) is 0.817. The summed E-state index contributed by atoms with van der Waals surface area (Å²) in [7, 11) is 1.57. The average molecular weight is 338 g/mol. The molecule has 2 fully saturated rings. The number of rotatable bonds is 6. The van der Waals surface area contributed by atoms with Crippen LogP contribution in [0.1, 0.15) is 37.4 Å². The number of hydrogen-bond acceptors (Lipinski definition) is 7. The van der Waals surface area contributed by atoms with Crippen LogP contribution >= 0.6 is 0 Å². The molecule has 0 aromatic carbocycles. The largest absolute Gasteiger partial charge is 0.381 e. The molecule has 2 aliphatic rings. The summed E-state index contributed by atoms with van der Waals surface area (Å²) in [6, 6.07) is 0.625. The molecule has 3 rings (SSSR count). The number of carbonyl (C=O) groups excluding carboxylic acids is 1. The van der Waals surface area contributed by atoms with Crippen molar-refractivity contribution in [3.63, 3.8) is 0 Å². The summed E-state index contributed by atoms with van der Waals surface area (Å²) in [5, 5.41) is 6.68. The molecule has 1 aromatic heterocycles. The van der Waals surface area contributed by atoms with E-state index in [2.05, 4.69) is 20.4 Å². The maximum atomic E-state index is 12.3. The van der Waals surface area contributed by atoms with Gasteiger partial charge < -0.3 is 24.2 Å². The topological polar surface area (TPSA) is 89.7 Å². The second kappa shape index (κ2) is 8.55. The van der Waals surface area contributed by atoms with Crippen molar-refractivity contribution in [2.24, 2.45) is 5.92 Å². The first kappa shape index (κ1) is 17.3. The molecular weight excluding hydrogens is 312 g/mol. The van der Waals surface area contributed by atoms with E-state index in [4.69, 9.17) is 14.0 Å². The van der Waals surface area contributed by atoms with Crippen molar-refractivity contribution >= 4 is 5.91 Å². The smallest absolute Gasteiger partial charge is 0.246 e. The maximum Gasteiger partial charge on any atom is 0.246 e. The first-order valence-corrected chi connectivity index (χ1v) is 8.66. The van der Waals surface area contributed by atoms with Gasteiger partial charge >= 0.3 is 0 Å². The van der Waals surface area contributed by atoms with Crippen LogP contribution in [-0.4, -0.2) is 60.4 Å². The van der Waals surface area contributed by atoms with Gasteiger partial charge in [0.1, 0.15) is 6.61 Å². The van der Waals surface area contributed by atoms with Crippen molar-refractivity contribution in [3.8, 4) is 0 Å². The van der Waals surface area contributed by atoms with Crippen LogP contribution < -0.4 is 5.32 Å². The Morgan fingerprint density at radius 3 is 2.75 bits per heavy atom. The summed E-state index contributed by atoms with van der Waals surface area (Å²) in [5.41, 5.74) is 0. The van der Waals surface area contributed by atoms with Gasteiger partial charge in [-0.05, 0) is 38.8 Å². The fourth-order valence-electron chi connectivity index (χ4n) is 3.43. The van der Waals surface area contributed by atoms with Gasteiger partial charge in [-0.2, -0.15) is 4.98 Å². The van der Waals surface area contributed by atoms with Gasteiger partial charge in [0, 0.05) is 32.3 Å². The standard InChI is InChI=1S/C16H26N4O4/c1-22-11-14-18-15(24-19-14)10-17-16(21)12-2-6-20(7-3-12)13-4-8-23-9-5-13/h12-13H,2-11H2,1H3,(H,17,21). The lowest BCUT2D eigenvalue weighted by Crippen LogP contribution is -2.46. The summed E-state index contributed by atoms with van der Waals surface area (Å²) >= 11 is 0. The summed E-state index contributed by atoms with van der Waals surface area (Å²) in [6.07, 6.45) is 4.03. The summed E-state index contributed by atoms with van der Waals surface area (Å²) in [4.78, 5) is 19.0. The first-order chi connectivity index (χ1) is 11.8. The highest BCUT2D eigenvalue weighted by Crippen LogP contribution is 2.23. The predicted molar refractivity (Wildman–Crippen MR) is 85.0 cm³/mol. The minimum atomic E-state index is 0.0717. The number of nitrogens with zero attached hydrogens (tertiary/aromatic N) is 3. The number of piperidine rings is 1. The molecule has 2 saturated heterocycles. The highest BCUT2D eigenvalue weighted by molar-refractivity contribution is 5.78. The van der Waals surface area contributed by atoms with Crippen LogP contribution in [0.5, 0.6) is 0 Å². The number of hydrogen-bond donors (Lipinski definition) is 1. The van der Waals surface area contributed by atoms with Crippen LogP contribution in [0.4, 0.5) is 0 Å². The van der Waals surface area contributed by atoms with Gasteiger partial charge in [-0.3, -0.25) is 4.79 Å². The number of likely N-dealkylation sites (tertiary alicyclic amines) is 1. The van der Waals surface area contributed by atoms with Gasteiger partial charge in [0.05, 0.1) is 6.54 Å². The van der Waals surface area contributed by atoms with Gasteiger partial charge in [-0.15, -0.1) is 0 Å². The highest BCUT2D eigenvalue weighted by atomic mass is 16.5. The van der Waals surface area contributed by atoms with E-state index in [-0.39, 0.29) is 18.4 Å². The Kier molecular flexibility index (Phi) is 6.17. The summed E-state index contributed by atoms with van der Waals surface area (Å²) < 4.78 is 15.4. The molecule has 1 aromatic rings. The van der Waals surface area contributed by atoms with Crippen LogP contribution in [0, 0.1) is 5.92 Å². The summed E-state index contributed by atoms with van der Waals surface area (Å²) in [6.45, 7) is 4.28. The SMILES string of the molecule is COCc1noc(CNC(=O)C2CCN(C3CCOCC3)CC2)n1. The summed E-state index contributed by atoms with van der Waals surface area (Å²) in [5.74, 6) is 1.05. The van der Waals surface area contributed by atoms with Crippen molar-refractivity contribution in [2.45, 2.75) is 44.9 Å². The van der Waals surface area contributed by atoms with E-state index in [1.165, 1.54) is 0 Å². The molecule has 8 heteroatoms. The Labute approximate surface area is 141 Å². The maximum absolute atomic E-state index is 12.3. The lowest BCUT2D eigenvalue weighted by Gasteiger charge is -2.38. The van der Waals surface area contributed by atoms with E-state index in [0.717, 1.165) is 52.0 Å². The normalized spacial score (nSPS) is 21.0.